The summed E-state index contributed by atoms with van der Waals surface area (Å²) in [4.78, 5) is 32.0. The Bertz CT molecular complexity index is 1100. The summed E-state index contributed by atoms with van der Waals surface area (Å²) in [5.74, 6) is 0.751. The number of amides is 2. The van der Waals surface area contributed by atoms with E-state index in [4.69, 9.17) is 16.3 Å². The second kappa shape index (κ2) is 10.1. The Kier molecular flexibility index (Phi) is 7.31. The molecule has 2 heterocycles. The number of nitrogens with one attached hydrogen (secondary N) is 5. The fourth-order valence-electron chi connectivity index (χ4n) is 2.70. The molecule has 0 spiro atoms. The SMILES string of the molecule is CC(C)(C)OC(=O)NCC(=O)NCCNc1n[nH]c2ncnc(Nc3cccc(Cl)c3)c12. The van der Waals surface area contributed by atoms with Gasteiger partial charge in [-0.2, -0.15) is 5.10 Å². The highest BCUT2D eigenvalue weighted by molar-refractivity contribution is 6.30. The molecule has 170 valence electrons. The first-order chi connectivity index (χ1) is 15.2. The zero-order valence-corrected chi connectivity index (χ0v) is 18.7. The molecule has 12 heteroatoms. The molecule has 3 rings (SSSR count). The van der Waals surface area contributed by atoms with Crippen LogP contribution >= 0.6 is 11.6 Å². The maximum absolute atomic E-state index is 11.9. The number of hydrogen-bond donors (Lipinski definition) is 5. The van der Waals surface area contributed by atoms with Crippen LogP contribution in [0.25, 0.3) is 11.0 Å². The van der Waals surface area contributed by atoms with Gasteiger partial charge in [0.2, 0.25) is 5.91 Å². The molecule has 11 nitrogen and oxygen atoms in total. The van der Waals surface area contributed by atoms with E-state index < -0.39 is 11.7 Å². The average Bonchev–Trinajstić information content (AvgIpc) is 3.13. The highest BCUT2D eigenvalue weighted by atomic mass is 35.5. The van der Waals surface area contributed by atoms with Crippen molar-refractivity contribution in [3.8, 4) is 0 Å². The third-order valence-corrected chi connectivity index (χ3v) is 4.21. The number of carbonyl (C=O) groups is 2. The predicted molar refractivity (Wildman–Crippen MR) is 122 cm³/mol. The van der Waals surface area contributed by atoms with Crippen molar-refractivity contribution in [1.82, 2.24) is 30.8 Å². The number of aromatic nitrogens is 4. The van der Waals surface area contributed by atoms with Crippen LogP contribution in [-0.2, 0) is 9.53 Å². The Morgan fingerprint density at radius 1 is 1.12 bits per heavy atom. The molecule has 2 aromatic heterocycles. The third-order valence-electron chi connectivity index (χ3n) is 3.98. The number of aromatic amines is 1. The first-order valence-corrected chi connectivity index (χ1v) is 10.3. The Morgan fingerprint density at radius 3 is 2.69 bits per heavy atom. The zero-order chi connectivity index (χ0) is 23.1. The number of rotatable bonds is 8. The molecule has 0 aliphatic carbocycles. The van der Waals surface area contributed by atoms with Crippen LogP contribution in [0.15, 0.2) is 30.6 Å². The number of carbonyl (C=O) groups excluding carboxylic acids is 2. The third kappa shape index (κ3) is 6.71. The molecule has 32 heavy (non-hydrogen) atoms. The molecular formula is C20H25ClN8O3. The number of fused-ring (bicyclic) bond motifs is 1. The lowest BCUT2D eigenvalue weighted by Crippen LogP contribution is -2.40. The highest BCUT2D eigenvalue weighted by Gasteiger charge is 2.17. The van der Waals surface area contributed by atoms with Gasteiger partial charge in [0.15, 0.2) is 11.5 Å². The van der Waals surface area contributed by atoms with E-state index in [-0.39, 0.29) is 12.5 Å². The van der Waals surface area contributed by atoms with Crippen molar-refractivity contribution in [2.24, 2.45) is 0 Å². The van der Waals surface area contributed by atoms with Crippen molar-refractivity contribution in [2.45, 2.75) is 26.4 Å². The van der Waals surface area contributed by atoms with Crippen LogP contribution in [-0.4, -0.2) is 57.4 Å². The summed E-state index contributed by atoms with van der Waals surface area (Å²) >= 11 is 6.05. The van der Waals surface area contributed by atoms with Crippen molar-refractivity contribution < 1.29 is 14.3 Å². The van der Waals surface area contributed by atoms with Crippen LogP contribution in [0.2, 0.25) is 5.02 Å². The lowest BCUT2D eigenvalue weighted by atomic mass is 10.2. The maximum atomic E-state index is 11.9. The summed E-state index contributed by atoms with van der Waals surface area (Å²) < 4.78 is 5.08. The topological polar surface area (TPSA) is 146 Å². The summed E-state index contributed by atoms with van der Waals surface area (Å²) in [6.45, 7) is 5.77. The molecule has 0 fully saturated rings. The van der Waals surface area contributed by atoms with Crippen molar-refractivity contribution in [1.29, 1.82) is 0 Å². The summed E-state index contributed by atoms with van der Waals surface area (Å²) in [5, 5.41) is 19.8. The smallest absolute Gasteiger partial charge is 0.408 e. The van der Waals surface area contributed by atoms with E-state index in [1.807, 2.05) is 12.1 Å². The summed E-state index contributed by atoms with van der Waals surface area (Å²) in [5.41, 5.74) is 0.702. The molecule has 0 bridgehead atoms. The van der Waals surface area contributed by atoms with Crippen LogP contribution in [0.3, 0.4) is 0 Å². The molecule has 3 aromatic rings. The fourth-order valence-corrected chi connectivity index (χ4v) is 2.89. The molecule has 0 aliphatic heterocycles. The number of H-pyrrole nitrogens is 1. The van der Waals surface area contributed by atoms with E-state index in [1.54, 1.807) is 32.9 Å². The van der Waals surface area contributed by atoms with E-state index in [2.05, 4.69) is 41.4 Å². The van der Waals surface area contributed by atoms with Crippen molar-refractivity contribution in [2.75, 3.05) is 30.3 Å². The van der Waals surface area contributed by atoms with Crippen LogP contribution in [0.1, 0.15) is 20.8 Å². The average molecular weight is 461 g/mol. The molecule has 0 saturated carbocycles. The fraction of sp³-hybridized carbons (Fsp3) is 0.350. The molecule has 0 unspecified atom stereocenters. The van der Waals surface area contributed by atoms with Gasteiger partial charge in [0.1, 0.15) is 23.1 Å². The van der Waals surface area contributed by atoms with Gasteiger partial charge in [0, 0.05) is 23.8 Å². The van der Waals surface area contributed by atoms with Crippen LogP contribution in [0.4, 0.5) is 22.1 Å². The van der Waals surface area contributed by atoms with Gasteiger partial charge in [0.05, 0.1) is 6.54 Å². The molecule has 5 N–H and O–H groups in total. The number of alkyl carbamates (subject to hydrolysis) is 1. The molecule has 0 aliphatic rings. The summed E-state index contributed by atoms with van der Waals surface area (Å²) in [6.07, 6.45) is 0.781. The molecule has 0 radical (unpaired) electrons. The quantitative estimate of drug-likeness (QED) is 0.322. The predicted octanol–water partition coefficient (Wildman–Crippen LogP) is 2.80. The van der Waals surface area contributed by atoms with Gasteiger partial charge >= 0.3 is 6.09 Å². The minimum absolute atomic E-state index is 0.179. The van der Waals surface area contributed by atoms with Gasteiger partial charge in [-0.1, -0.05) is 17.7 Å². The number of nitrogens with zero attached hydrogens (tertiary/aromatic N) is 3. The van der Waals surface area contributed by atoms with E-state index >= 15 is 0 Å². The summed E-state index contributed by atoms with van der Waals surface area (Å²) in [7, 11) is 0. The van der Waals surface area contributed by atoms with Crippen molar-refractivity contribution >= 4 is 52.0 Å². The minimum atomic E-state index is -0.645. The molecule has 1 aromatic carbocycles. The number of benzene rings is 1. The monoisotopic (exact) mass is 460 g/mol. The van der Waals surface area contributed by atoms with Gasteiger partial charge in [-0.05, 0) is 39.0 Å². The van der Waals surface area contributed by atoms with Crippen molar-refractivity contribution in [3.63, 3.8) is 0 Å². The van der Waals surface area contributed by atoms with E-state index in [0.29, 0.717) is 40.8 Å². The first kappa shape index (κ1) is 23.1. The lowest BCUT2D eigenvalue weighted by molar-refractivity contribution is -0.120. The Labute approximate surface area is 189 Å². The zero-order valence-electron chi connectivity index (χ0n) is 18.0. The Morgan fingerprint density at radius 2 is 1.94 bits per heavy atom. The number of anilines is 3. The lowest BCUT2D eigenvalue weighted by Gasteiger charge is -2.19. The van der Waals surface area contributed by atoms with E-state index in [9.17, 15) is 9.59 Å². The van der Waals surface area contributed by atoms with Gasteiger partial charge in [-0.3, -0.25) is 9.89 Å². The normalized spacial score (nSPS) is 11.1. The number of hydrogen-bond acceptors (Lipinski definition) is 8. The van der Waals surface area contributed by atoms with Crippen LogP contribution < -0.4 is 21.3 Å². The summed E-state index contributed by atoms with van der Waals surface area (Å²) in [6, 6.07) is 7.26. The molecular weight excluding hydrogens is 436 g/mol. The van der Waals surface area contributed by atoms with Crippen molar-refractivity contribution in [3.05, 3.63) is 35.6 Å². The standard InChI is InChI=1S/C20H25ClN8O3/c1-20(2,3)32-19(31)24-10-14(30)22-7-8-23-17-15-16(25-11-26-18(15)29-28-17)27-13-6-4-5-12(21)9-13/h4-6,9,11H,7-8,10H2,1-3H3,(H,22,30)(H,24,31)(H3,23,25,26,27,28,29). The second-order valence-electron chi connectivity index (χ2n) is 7.79. The van der Waals surface area contributed by atoms with Gasteiger partial charge in [-0.15, -0.1) is 0 Å². The Balaban J connectivity index is 1.52. The van der Waals surface area contributed by atoms with Crippen LogP contribution in [0.5, 0.6) is 0 Å². The first-order valence-electron chi connectivity index (χ1n) is 9.90. The number of ether oxygens (including phenoxy) is 1. The molecule has 0 saturated heterocycles. The van der Waals surface area contributed by atoms with Gasteiger partial charge in [0.25, 0.3) is 0 Å². The van der Waals surface area contributed by atoms with Gasteiger partial charge in [-0.25, -0.2) is 14.8 Å². The molecule has 0 atom stereocenters. The second-order valence-corrected chi connectivity index (χ2v) is 8.22. The van der Waals surface area contributed by atoms with E-state index in [1.165, 1.54) is 6.33 Å². The van der Waals surface area contributed by atoms with Gasteiger partial charge < -0.3 is 26.0 Å². The number of halogens is 1. The maximum Gasteiger partial charge on any atom is 0.408 e. The minimum Gasteiger partial charge on any atom is -0.444 e. The Hall–Kier alpha value is -3.60. The highest BCUT2D eigenvalue weighted by Crippen LogP contribution is 2.28. The largest absolute Gasteiger partial charge is 0.444 e. The van der Waals surface area contributed by atoms with Crippen LogP contribution in [0, 0.1) is 0 Å². The van der Waals surface area contributed by atoms with E-state index in [0.717, 1.165) is 5.69 Å². The molecule has 2 amide bonds.